The molecule has 262 valence electrons. The lowest BCUT2D eigenvalue weighted by Gasteiger charge is -2.10. The van der Waals surface area contributed by atoms with Gasteiger partial charge < -0.3 is 8.98 Å². The fourth-order valence-corrected chi connectivity index (χ4v) is 8.02. The highest BCUT2D eigenvalue weighted by Crippen LogP contribution is 2.43. The fourth-order valence-electron chi connectivity index (χ4n) is 8.02. The van der Waals surface area contributed by atoms with E-state index in [0.717, 1.165) is 88.4 Å². The molecule has 11 aromatic rings. The second-order valence-electron chi connectivity index (χ2n) is 14.0. The molecule has 0 aliphatic carbocycles. The van der Waals surface area contributed by atoms with E-state index in [0.29, 0.717) is 17.5 Å². The van der Waals surface area contributed by atoms with Gasteiger partial charge in [0.25, 0.3) is 0 Å². The molecular weight excluding hydrogens is 685 g/mol. The number of benzene rings is 8. The molecule has 0 atom stereocenters. The van der Waals surface area contributed by atoms with Gasteiger partial charge in [-0.05, 0) is 58.7 Å². The summed E-state index contributed by atoms with van der Waals surface area (Å²) in [6, 6.07) is 67.3. The molecule has 0 N–H and O–H groups in total. The van der Waals surface area contributed by atoms with E-state index in [1.165, 1.54) is 0 Å². The van der Waals surface area contributed by atoms with Crippen LogP contribution in [0.25, 0.3) is 106 Å². The van der Waals surface area contributed by atoms with Gasteiger partial charge in [0.1, 0.15) is 11.2 Å². The lowest BCUT2D eigenvalue weighted by atomic mass is 10.0. The van der Waals surface area contributed by atoms with Crippen LogP contribution < -0.4 is 0 Å². The molecule has 5 heteroatoms. The Morgan fingerprint density at radius 1 is 0.339 bits per heavy atom. The quantitative estimate of drug-likeness (QED) is 0.172. The highest BCUT2D eigenvalue weighted by Gasteiger charge is 2.22. The minimum atomic E-state index is 0.587. The predicted octanol–water partition coefficient (Wildman–Crippen LogP) is 13.2. The molecule has 0 unspecified atom stereocenters. The zero-order chi connectivity index (χ0) is 37.0. The van der Waals surface area contributed by atoms with Crippen LogP contribution in [-0.4, -0.2) is 19.5 Å². The van der Waals surface area contributed by atoms with Crippen molar-refractivity contribution in [3.8, 4) is 62.1 Å². The monoisotopic (exact) mass is 716 g/mol. The summed E-state index contributed by atoms with van der Waals surface area (Å²) in [4.78, 5) is 15.5. The molecule has 5 nitrogen and oxygen atoms in total. The van der Waals surface area contributed by atoms with Crippen molar-refractivity contribution in [2.24, 2.45) is 0 Å². The summed E-state index contributed by atoms with van der Waals surface area (Å²) in [6.07, 6.45) is 0. The SMILES string of the molecule is c1ccc(-c2ccc(-c3nc(-c4ccc(-c5ccccc5)cc4)nc(-c4cccc5oc6c(ccc7c6c6ccccc6n7-c6ccccc6)c45)n3)cc2)cc1. The Kier molecular flexibility index (Phi) is 7.42. The van der Waals surface area contributed by atoms with E-state index in [4.69, 9.17) is 19.4 Å². The molecule has 0 aliphatic heterocycles. The lowest BCUT2D eigenvalue weighted by Crippen LogP contribution is -2.00. The van der Waals surface area contributed by atoms with Crippen LogP contribution in [0.1, 0.15) is 0 Å². The van der Waals surface area contributed by atoms with Crippen LogP contribution in [0.2, 0.25) is 0 Å². The Bertz CT molecular complexity index is 3100. The van der Waals surface area contributed by atoms with Crippen LogP contribution >= 0.6 is 0 Å². The number of para-hydroxylation sites is 2. The highest BCUT2D eigenvalue weighted by molar-refractivity contribution is 6.25. The number of aromatic nitrogens is 4. The molecule has 0 saturated carbocycles. The third-order valence-corrected chi connectivity index (χ3v) is 10.7. The molecule has 3 heterocycles. The molecule has 0 amide bonds. The molecule has 0 radical (unpaired) electrons. The minimum absolute atomic E-state index is 0.587. The van der Waals surface area contributed by atoms with Crippen molar-refractivity contribution in [1.82, 2.24) is 19.5 Å². The Balaban J connectivity index is 1.11. The van der Waals surface area contributed by atoms with Gasteiger partial charge in [-0.1, -0.05) is 158 Å². The zero-order valence-electron chi connectivity index (χ0n) is 30.2. The van der Waals surface area contributed by atoms with Crippen LogP contribution in [0, 0.1) is 0 Å². The number of hydrogen-bond donors (Lipinski definition) is 0. The molecular formula is C51H32N4O. The van der Waals surface area contributed by atoms with Crippen LogP contribution in [0.3, 0.4) is 0 Å². The topological polar surface area (TPSA) is 56.7 Å². The second kappa shape index (κ2) is 13.0. The molecule has 0 spiro atoms. The average molecular weight is 717 g/mol. The molecule has 0 aliphatic rings. The van der Waals surface area contributed by atoms with E-state index in [1.807, 2.05) is 30.3 Å². The van der Waals surface area contributed by atoms with E-state index < -0.39 is 0 Å². The van der Waals surface area contributed by atoms with E-state index >= 15 is 0 Å². The summed E-state index contributed by atoms with van der Waals surface area (Å²) in [5.41, 5.74) is 12.3. The third kappa shape index (κ3) is 5.29. The van der Waals surface area contributed by atoms with E-state index in [9.17, 15) is 0 Å². The van der Waals surface area contributed by atoms with Gasteiger partial charge in [-0.25, -0.2) is 15.0 Å². The molecule has 56 heavy (non-hydrogen) atoms. The summed E-state index contributed by atoms with van der Waals surface area (Å²) < 4.78 is 9.16. The number of hydrogen-bond acceptors (Lipinski definition) is 4. The lowest BCUT2D eigenvalue weighted by molar-refractivity contribution is 0.673. The maximum Gasteiger partial charge on any atom is 0.164 e. The van der Waals surface area contributed by atoms with Gasteiger partial charge in [0.15, 0.2) is 17.5 Å². The smallest absolute Gasteiger partial charge is 0.164 e. The van der Waals surface area contributed by atoms with Crippen molar-refractivity contribution < 1.29 is 4.42 Å². The molecule has 0 bridgehead atoms. The number of rotatable bonds is 6. The van der Waals surface area contributed by atoms with Gasteiger partial charge >= 0.3 is 0 Å². The summed E-state index contributed by atoms with van der Waals surface area (Å²) in [7, 11) is 0. The van der Waals surface area contributed by atoms with Gasteiger partial charge in [-0.15, -0.1) is 0 Å². The number of furan rings is 1. The van der Waals surface area contributed by atoms with Crippen molar-refractivity contribution in [3.05, 3.63) is 194 Å². The predicted molar refractivity (Wildman–Crippen MR) is 229 cm³/mol. The van der Waals surface area contributed by atoms with E-state index in [2.05, 4.69) is 168 Å². The Hall–Kier alpha value is -7.63. The largest absolute Gasteiger partial charge is 0.455 e. The zero-order valence-corrected chi connectivity index (χ0v) is 30.2. The molecule has 3 aromatic heterocycles. The minimum Gasteiger partial charge on any atom is -0.455 e. The molecule has 8 aromatic carbocycles. The summed E-state index contributed by atoms with van der Waals surface area (Å²) in [5, 5.41) is 4.21. The normalized spacial score (nSPS) is 11.6. The van der Waals surface area contributed by atoms with Crippen LogP contribution in [-0.2, 0) is 0 Å². The van der Waals surface area contributed by atoms with Crippen molar-refractivity contribution in [2.45, 2.75) is 0 Å². The van der Waals surface area contributed by atoms with Crippen LogP contribution in [0.15, 0.2) is 199 Å². The third-order valence-electron chi connectivity index (χ3n) is 10.7. The van der Waals surface area contributed by atoms with Crippen LogP contribution in [0.4, 0.5) is 0 Å². The highest BCUT2D eigenvalue weighted by atomic mass is 16.3. The fraction of sp³-hybridized carbons (Fsp3) is 0. The number of fused-ring (bicyclic) bond motifs is 7. The molecule has 0 saturated heterocycles. The molecule has 0 fully saturated rings. The van der Waals surface area contributed by atoms with Gasteiger partial charge in [-0.2, -0.15) is 0 Å². The summed E-state index contributed by atoms with van der Waals surface area (Å²) >= 11 is 0. The number of nitrogens with zero attached hydrogens (tertiary/aromatic N) is 4. The van der Waals surface area contributed by atoms with E-state index in [-0.39, 0.29) is 0 Å². The first-order chi connectivity index (χ1) is 27.8. The maximum absolute atomic E-state index is 6.84. The second-order valence-corrected chi connectivity index (χ2v) is 14.0. The first kappa shape index (κ1) is 31.9. The van der Waals surface area contributed by atoms with Crippen LogP contribution in [0.5, 0.6) is 0 Å². The first-order valence-electron chi connectivity index (χ1n) is 18.8. The Morgan fingerprint density at radius 2 is 0.857 bits per heavy atom. The van der Waals surface area contributed by atoms with Gasteiger partial charge in [0, 0.05) is 38.5 Å². The molecule has 11 rings (SSSR count). The maximum atomic E-state index is 6.84. The van der Waals surface area contributed by atoms with Gasteiger partial charge in [0.05, 0.1) is 16.4 Å². The van der Waals surface area contributed by atoms with E-state index in [1.54, 1.807) is 0 Å². The van der Waals surface area contributed by atoms with Crippen molar-refractivity contribution >= 4 is 43.7 Å². The summed E-state index contributed by atoms with van der Waals surface area (Å²) in [5.74, 6) is 1.80. The Morgan fingerprint density at radius 3 is 1.48 bits per heavy atom. The Labute approximate surface area is 322 Å². The van der Waals surface area contributed by atoms with Crippen molar-refractivity contribution in [2.75, 3.05) is 0 Å². The standard InChI is InChI=1S/C51H32N4O/c1-4-13-33(14-5-1)35-23-27-37(28-24-35)49-52-50(38-29-25-36(26-30-38)34-15-6-2-7-16-34)54-51(53-49)42-20-12-22-45-46(42)41-31-32-44-47(48(41)56-45)40-19-10-11-21-43(40)55(44)39-17-8-3-9-18-39/h1-32H. The van der Waals surface area contributed by atoms with Gasteiger partial charge in [0.2, 0.25) is 0 Å². The van der Waals surface area contributed by atoms with Crippen molar-refractivity contribution in [1.29, 1.82) is 0 Å². The summed E-state index contributed by atoms with van der Waals surface area (Å²) in [6.45, 7) is 0. The van der Waals surface area contributed by atoms with Gasteiger partial charge in [-0.3, -0.25) is 0 Å². The van der Waals surface area contributed by atoms with Crippen molar-refractivity contribution in [3.63, 3.8) is 0 Å². The average Bonchev–Trinajstić information content (AvgIpc) is 3.83. The first-order valence-corrected chi connectivity index (χ1v) is 18.8.